The minimum Gasteiger partial charge on any atom is -0.433 e. The van der Waals surface area contributed by atoms with Gasteiger partial charge in [0, 0.05) is 34.3 Å². The van der Waals surface area contributed by atoms with Crippen molar-refractivity contribution in [2.24, 2.45) is 11.8 Å². The highest BCUT2D eigenvalue weighted by Crippen LogP contribution is 2.36. The normalized spacial score (nSPS) is 21.3. The molecule has 2 aliphatic carbocycles. The molecule has 8 heteroatoms. The van der Waals surface area contributed by atoms with Crippen molar-refractivity contribution in [2.45, 2.75) is 82.1 Å². The number of rotatable bonds is 12. The van der Waals surface area contributed by atoms with Gasteiger partial charge in [-0.1, -0.05) is 121 Å². The van der Waals surface area contributed by atoms with E-state index in [2.05, 4.69) is 10.6 Å². The van der Waals surface area contributed by atoms with E-state index in [4.69, 9.17) is 9.47 Å². The van der Waals surface area contributed by atoms with E-state index in [-0.39, 0.29) is 23.7 Å². The first kappa shape index (κ1) is 35.6. The second-order valence-corrected chi connectivity index (χ2v) is 13.8. The molecule has 0 radical (unpaired) electrons. The van der Waals surface area contributed by atoms with Crippen LogP contribution in [0.5, 0.6) is 0 Å². The van der Waals surface area contributed by atoms with Crippen molar-refractivity contribution < 1.29 is 28.7 Å². The molecule has 0 aromatic heterocycles. The van der Waals surface area contributed by atoms with Gasteiger partial charge in [-0.3, -0.25) is 9.59 Å². The van der Waals surface area contributed by atoms with Crippen LogP contribution in [0.1, 0.15) is 102 Å². The Morgan fingerprint density at radius 1 is 0.471 bits per heavy atom. The van der Waals surface area contributed by atoms with Crippen LogP contribution >= 0.6 is 0 Å². The molecule has 2 amide bonds. The summed E-state index contributed by atoms with van der Waals surface area (Å²) in [5.41, 5.74) is 2.27. The van der Waals surface area contributed by atoms with Crippen LogP contribution in [0.15, 0.2) is 121 Å². The molecule has 4 aromatic carbocycles. The van der Waals surface area contributed by atoms with Crippen molar-refractivity contribution in [2.75, 3.05) is 0 Å². The number of hydrogen-bond donors (Lipinski definition) is 2. The maximum atomic E-state index is 13.3. The minimum absolute atomic E-state index is 0.0106. The minimum atomic E-state index is -1.02. The van der Waals surface area contributed by atoms with Crippen LogP contribution in [0.25, 0.3) is 0 Å². The van der Waals surface area contributed by atoms with Gasteiger partial charge in [0.25, 0.3) is 0 Å². The van der Waals surface area contributed by atoms with E-state index in [1.54, 1.807) is 72.8 Å². The van der Waals surface area contributed by atoms with Crippen molar-refractivity contribution in [3.63, 3.8) is 0 Å². The maximum Gasteiger partial charge on any atom is 0.408 e. The molecular weight excluding hydrogens is 640 g/mol. The lowest BCUT2D eigenvalue weighted by Gasteiger charge is -2.34. The molecule has 6 rings (SSSR count). The number of carbonyl (C=O) groups excluding carboxylic acids is 4. The fourth-order valence-electron chi connectivity index (χ4n) is 7.48. The van der Waals surface area contributed by atoms with E-state index in [0.717, 1.165) is 57.8 Å². The molecule has 0 heterocycles. The van der Waals surface area contributed by atoms with Crippen LogP contribution in [-0.4, -0.2) is 35.8 Å². The summed E-state index contributed by atoms with van der Waals surface area (Å²) in [6.45, 7) is 0. The number of Topliss-reactive ketones (excluding diaryl/α,β-unsaturated/α-hetero) is 2. The third-order valence-corrected chi connectivity index (χ3v) is 10.3. The van der Waals surface area contributed by atoms with Crippen molar-refractivity contribution in [3.8, 4) is 0 Å². The van der Waals surface area contributed by atoms with Crippen molar-refractivity contribution in [1.29, 1.82) is 0 Å². The summed E-state index contributed by atoms with van der Waals surface area (Å²) in [7, 11) is 0. The van der Waals surface area contributed by atoms with Crippen LogP contribution in [0.4, 0.5) is 9.59 Å². The zero-order valence-corrected chi connectivity index (χ0v) is 28.8. The molecule has 4 aromatic rings. The first-order valence-electron chi connectivity index (χ1n) is 18.2. The zero-order valence-electron chi connectivity index (χ0n) is 28.8. The molecule has 51 heavy (non-hydrogen) atoms. The van der Waals surface area contributed by atoms with Gasteiger partial charge in [0.05, 0.1) is 0 Å². The summed E-state index contributed by atoms with van der Waals surface area (Å²) in [5, 5.41) is 6.05. The Bertz CT molecular complexity index is 1590. The fourth-order valence-corrected chi connectivity index (χ4v) is 7.48. The third kappa shape index (κ3) is 9.94. The van der Waals surface area contributed by atoms with E-state index >= 15 is 0 Å². The number of amides is 2. The summed E-state index contributed by atoms with van der Waals surface area (Å²) < 4.78 is 11.5. The molecule has 2 saturated carbocycles. The Kier molecular flexibility index (Phi) is 12.3. The molecule has 0 saturated heterocycles. The number of alkyl carbamates (subject to hydrolysis) is 2. The highest BCUT2D eigenvalue weighted by atomic mass is 16.6. The van der Waals surface area contributed by atoms with Crippen molar-refractivity contribution in [1.82, 2.24) is 10.6 Å². The van der Waals surface area contributed by atoms with Gasteiger partial charge in [-0.2, -0.15) is 0 Å². The lowest BCUT2D eigenvalue weighted by Crippen LogP contribution is -2.40. The summed E-state index contributed by atoms with van der Waals surface area (Å²) in [4.78, 5) is 52.7. The maximum absolute atomic E-state index is 13.3. The summed E-state index contributed by atoms with van der Waals surface area (Å²) in [6.07, 6.45) is 5.55. The highest BCUT2D eigenvalue weighted by molar-refractivity contribution is 6.01. The Morgan fingerprint density at radius 3 is 1.12 bits per heavy atom. The van der Waals surface area contributed by atoms with Crippen LogP contribution in [0.2, 0.25) is 0 Å². The van der Waals surface area contributed by atoms with Gasteiger partial charge in [0.2, 0.25) is 11.6 Å². The predicted molar refractivity (Wildman–Crippen MR) is 195 cm³/mol. The molecular formula is C43H46N2O6. The lowest BCUT2D eigenvalue weighted by atomic mass is 9.76. The van der Waals surface area contributed by atoms with Crippen molar-refractivity contribution >= 4 is 23.8 Å². The standard InChI is InChI=1S/C43H46N2O6/c46-38(32-13-5-1-6-14-32)40(34-17-9-3-10-18-34)50-42(48)44-36-25-21-30(22-26-36)29-31-23-27-37(28-24-31)45-43(49)51-41(35-19-11-4-12-20-35)39(47)33-15-7-2-8-16-33/h1-20,30-31,36-37,40-41H,21-29H2,(H,44,48)(H,45,49). The topological polar surface area (TPSA) is 111 Å². The predicted octanol–water partition coefficient (Wildman–Crippen LogP) is 9.19. The van der Waals surface area contributed by atoms with Gasteiger partial charge >= 0.3 is 12.2 Å². The summed E-state index contributed by atoms with van der Waals surface area (Å²) in [6, 6.07) is 36.1. The number of ketones is 2. The average molecular weight is 687 g/mol. The van der Waals surface area contributed by atoms with Gasteiger partial charge in [-0.25, -0.2) is 9.59 Å². The molecule has 2 aliphatic rings. The van der Waals surface area contributed by atoms with Gasteiger partial charge < -0.3 is 20.1 Å². The second-order valence-electron chi connectivity index (χ2n) is 13.8. The van der Waals surface area contributed by atoms with Crippen molar-refractivity contribution in [3.05, 3.63) is 144 Å². The summed E-state index contributed by atoms with van der Waals surface area (Å²) in [5.74, 6) is 0.672. The number of benzene rings is 4. The number of nitrogens with one attached hydrogen (secondary N) is 2. The molecule has 0 aliphatic heterocycles. The molecule has 2 atom stereocenters. The molecule has 0 spiro atoms. The monoisotopic (exact) mass is 686 g/mol. The Hall–Kier alpha value is -5.24. The Morgan fingerprint density at radius 2 is 0.784 bits per heavy atom. The third-order valence-electron chi connectivity index (χ3n) is 10.3. The highest BCUT2D eigenvalue weighted by Gasteiger charge is 2.32. The van der Waals surface area contributed by atoms with E-state index in [1.165, 1.54) is 0 Å². The van der Waals surface area contributed by atoms with Crippen LogP contribution in [0, 0.1) is 11.8 Å². The van der Waals surface area contributed by atoms with Gasteiger partial charge in [-0.15, -0.1) is 0 Å². The lowest BCUT2D eigenvalue weighted by molar-refractivity contribution is 0.0606. The second kappa shape index (κ2) is 17.6. The van der Waals surface area contributed by atoms with E-state index in [9.17, 15) is 19.2 Å². The first-order valence-corrected chi connectivity index (χ1v) is 18.2. The number of hydrogen-bond acceptors (Lipinski definition) is 6. The van der Waals surface area contributed by atoms with Crippen LogP contribution in [0.3, 0.4) is 0 Å². The van der Waals surface area contributed by atoms with Crippen LogP contribution in [-0.2, 0) is 9.47 Å². The molecule has 2 unspecified atom stereocenters. The molecule has 2 fully saturated rings. The number of ether oxygens (including phenoxy) is 2. The van der Waals surface area contributed by atoms with E-state index < -0.39 is 24.4 Å². The van der Waals surface area contributed by atoms with Gasteiger partial charge in [-0.05, 0) is 69.6 Å². The largest absolute Gasteiger partial charge is 0.433 e. The first-order chi connectivity index (χ1) is 24.9. The van der Waals surface area contributed by atoms with E-state index in [1.807, 2.05) is 48.5 Å². The van der Waals surface area contributed by atoms with Crippen LogP contribution < -0.4 is 10.6 Å². The summed E-state index contributed by atoms with van der Waals surface area (Å²) >= 11 is 0. The fraction of sp³-hybridized carbons (Fsp3) is 0.349. The molecule has 8 nitrogen and oxygen atoms in total. The smallest absolute Gasteiger partial charge is 0.408 e. The van der Waals surface area contributed by atoms with Gasteiger partial charge in [0.1, 0.15) is 0 Å². The Labute approximate surface area is 299 Å². The molecule has 0 bridgehead atoms. The Balaban J connectivity index is 0.928. The molecule has 264 valence electrons. The number of carbonyl (C=O) groups is 4. The SMILES string of the molecule is O=C(NC1CCC(CC2CCC(NC(=O)OC(C(=O)c3ccccc3)c3ccccc3)CC2)CC1)OC(C(=O)c1ccccc1)c1ccccc1. The van der Waals surface area contributed by atoms with E-state index in [0.29, 0.717) is 34.1 Å². The average Bonchev–Trinajstić information content (AvgIpc) is 3.18. The van der Waals surface area contributed by atoms with Gasteiger partial charge in [0.15, 0.2) is 12.2 Å². The zero-order chi connectivity index (χ0) is 35.4. The quantitative estimate of drug-likeness (QED) is 0.144. The molecule has 2 N–H and O–H groups in total.